The Morgan fingerprint density at radius 1 is 1.23 bits per heavy atom. The molecule has 1 saturated heterocycles. The number of esters is 1. The van der Waals surface area contributed by atoms with Crippen molar-refractivity contribution < 1.29 is 27.6 Å². The van der Waals surface area contributed by atoms with Crippen LogP contribution in [0.15, 0.2) is 22.7 Å². The number of aromatic nitrogens is 2. The van der Waals surface area contributed by atoms with Crippen molar-refractivity contribution in [2.24, 2.45) is 5.92 Å². The molecule has 2 unspecified atom stereocenters. The molecule has 2 heterocycles. The topological polar surface area (TPSA) is 97.6 Å². The number of halogens is 2. The number of nitrogens with zero attached hydrogens (tertiary/aromatic N) is 3. The smallest absolute Gasteiger partial charge is 0.312 e. The lowest BCUT2D eigenvalue weighted by Gasteiger charge is -2.40. The van der Waals surface area contributed by atoms with Gasteiger partial charge in [0.2, 0.25) is 0 Å². The number of amides is 1. The largest absolute Gasteiger partial charge is 0.469 e. The number of carbonyl (C=O) groups excluding carboxylic acids is 2. The van der Waals surface area contributed by atoms with Crippen LogP contribution in [0.4, 0.5) is 8.78 Å². The van der Waals surface area contributed by atoms with Crippen LogP contribution in [0, 0.1) is 17.6 Å². The SMILES string of the molecule is COC(=O)C1CN(C2CCCC2)CCC1NC(=O)c1noc(-c2ccc(F)cc2F)n1. The first-order chi connectivity index (χ1) is 15.0. The minimum Gasteiger partial charge on any atom is -0.469 e. The highest BCUT2D eigenvalue weighted by molar-refractivity contribution is 5.91. The maximum Gasteiger partial charge on any atom is 0.312 e. The van der Waals surface area contributed by atoms with Crippen LogP contribution in [0.3, 0.4) is 0 Å². The summed E-state index contributed by atoms with van der Waals surface area (Å²) in [5, 5.41) is 6.40. The molecule has 1 N–H and O–H groups in total. The van der Waals surface area contributed by atoms with Crippen molar-refractivity contribution in [1.29, 1.82) is 0 Å². The van der Waals surface area contributed by atoms with E-state index in [1.807, 2.05) is 0 Å². The number of ether oxygens (including phenoxy) is 1. The summed E-state index contributed by atoms with van der Waals surface area (Å²) >= 11 is 0. The van der Waals surface area contributed by atoms with E-state index in [4.69, 9.17) is 9.26 Å². The van der Waals surface area contributed by atoms with Gasteiger partial charge in [-0.15, -0.1) is 0 Å². The molecule has 1 aromatic carbocycles. The van der Waals surface area contributed by atoms with Gasteiger partial charge in [0.25, 0.3) is 17.6 Å². The number of piperidine rings is 1. The second-order valence-electron chi connectivity index (χ2n) is 7.98. The summed E-state index contributed by atoms with van der Waals surface area (Å²) in [6, 6.07) is 2.93. The van der Waals surface area contributed by atoms with Crippen LogP contribution in [0.25, 0.3) is 11.5 Å². The van der Waals surface area contributed by atoms with E-state index >= 15 is 0 Å². The Kier molecular flexibility index (Phi) is 6.26. The average molecular weight is 434 g/mol. The zero-order valence-corrected chi connectivity index (χ0v) is 17.1. The number of benzene rings is 1. The molecular weight excluding hydrogens is 410 g/mol. The molecular formula is C21H24F2N4O4. The molecule has 2 atom stereocenters. The molecule has 0 spiro atoms. The quantitative estimate of drug-likeness (QED) is 0.723. The van der Waals surface area contributed by atoms with E-state index in [0.29, 0.717) is 25.1 Å². The van der Waals surface area contributed by atoms with E-state index in [0.717, 1.165) is 31.5 Å². The summed E-state index contributed by atoms with van der Waals surface area (Å²) in [6.07, 6.45) is 5.21. The highest BCUT2D eigenvalue weighted by atomic mass is 19.1. The summed E-state index contributed by atoms with van der Waals surface area (Å²) in [5.74, 6) is -3.66. The Morgan fingerprint density at radius 3 is 2.71 bits per heavy atom. The molecule has 10 heteroatoms. The number of likely N-dealkylation sites (tertiary alicyclic amines) is 1. The maximum absolute atomic E-state index is 13.9. The van der Waals surface area contributed by atoms with Gasteiger partial charge < -0.3 is 14.6 Å². The summed E-state index contributed by atoms with van der Waals surface area (Å²) in [6.45, 7) is 1.28. The lowest BCUT2D eigenvalue weighted by atomic mass is 9.90. The fourth-order valence-electron chi connectivity index (χ4n) is 4.46. The number of rotatable bonds is 5. The third kappa shape index (κ3) is 4.58. The van der Waals surface area contributed by atoms with Crippen molar-refractivity contribution in [1.82, 2.24) is 20.4 Å². The molecule has 2 aliphatic rings. The Bertz CT molecular complexity index is 961. The van der Waals surface area contributed by atoms with E-state index in [2.05, 4.69) is 20.4 Å². The molecule has 2 aromatic rings. The van der Waals surface area contributed by atoms with Gasteiger partial charge in [0.05, 0.1) is 18.6 Å². The van der Waals surface area contributed by atoms with Crippen LogP contribution in [-0.2, 0) is 9.53 Å². The molecule has 4 rings (SSSR count). The van der Waals surface area contributed by atoms with Crippen LogP contribution in [0.2, 0.25) is 0 Å². The lowest BCUT2D eigenvalue weighted by Crippen LogP contribution is -2.55. The van der Waals surface area contributed by atoms with Crippen molar-refractivity contribution in [3.63, 3.8) is 0 Å². The molecule has 0 bridgehead atoms. The minimum absolute atomic E-state index is 0.106. The third-order valence-corrected chi connectivity index (χ3v) is 6.10. The van der Waals surface area contributed by atoms with Crippen molar-refractivity contribution in [3.05, 3.63) is 35.7 Å². The van der Waals surface area contributed by atoms with E-state index in [-0.39, 0.29) is 23.2 Å². The zero-order chi connectivity index (χ0) is 22.0. The molecule has 1 amide bonds. The van der Waals surface area contributed by atoms with Gasteiger partial charge in [-0.2, -0.15) is 4.98 Å². The van der Waals surface area contributed by atoms with Gasteiger partial charge in [0.15, 0.2) is 0 Å². The van der Waals surface area contributed by atoms with Crippen LogP contribution >= 0.6 is 0 Å². The van der Waals surface area contributed by atoms with Gasteiger partial charge >= 0.3 is 5.97 Å². The fourth-order valence-corrected chi connectivity index (χ4v) is 4.46. The summed E-state index contributed by atoms with van der Waals surface area (Å²) < 4.78 is 37.0. The Morgan fingerprint density at radius 2 is 2.00 bits per heavy atom. The molecule has 1 aromatic heterocycles. The van der Waals surface area contributed by atoms with E-state index in [9.17, 15) is 18.4 Å². The highest BCUT2D eigenvalue weighted by Crippen LogP contribution is 2.29. The van der Waals surface area contributed by atoms with Crippen LogP contribution in [-0.4, -0.2) is 59.2 Å². The van der Waals surface area contributed by atoms with Crippen molar-refractivity contribution in [2.75, 3.05) is 20.2 Å². The lowest BCUT2D eigenvalue weighted by molar-refractivity contribution is -0.148. The standard InChI is InChI=1S/C21H24F2N4O4/c1-30-21(29)15-11-27(13-4-2-3-5-13)9-8-17(15)24-19(28)18-25-20(31-26-18)14-7-6-12(22)10-16(14)23/h6-7,10,13,15,17H,2-5,8-9,11H2,1H3,(H,24,28). The van der Waals surface area contributed by atoms with Crippen LogP contribution < -0.4 is 5.32 Å². The number of hydrogen-bond acceptors (Lipinski definition) is 7. The normalized spacial score (nSPS) is 22.4. The second-order valence-corrected chi connectivity index (χ2v) is 7.98. The third-order valence-electron chi connectivity index (χ3n) is 6.10. The molecule has 8 nitrogen and oxygen atoms in total. The van der Waals surface area contributed by atoms with Crippen LogP contribution in [0.1, 0.15) is 42.7 Å². The van der Waals surface area contributed by atoms with Crippen molar-refractivity contribution in [3.8, 4) is 11.5 Å². The van der Waals surface area contributed by atoms with Crippen molar-refractivity contribution >= 4 is 11.9 Å². The molecule has 2 fully saturated rings. The van der Waals surface area contributed by atoms with Gasteiger partial charge in [-0.05, 0) is 31.4 Å². The first kappa shape index (κ1) is 21.4. The maximum atomic E-state index is 13.9. The molecule has 166 valence electrons. The Labute approximate surface area is 177 Å². The van der Waals surface area contributed by atoms with Gasteiger partial charge in [-0.3, -0.25) is 14.5 Å². The van der Waals surface area contributed by atoms with Crippen molar-refractivity contribution in [2.45, 2.75) is 44.2 Å². The predicted octanol–water partition coefficient (Wildman–Crippen LogP) is 2.55. The molecule has 1 aliphatic carbocycles. The number of nitrogens with one attached hydrogen (secondary N) is 1. The zero-order valence-electron chi connectivity index (χ0n) is 17.1. The average Bonchev–Trinajstić information content (AvgIpc) is 3.46. The van der Waals surface area contributed by atoms with Gasteiger partial charge in [-0.25, -0.2) is 8.78 Å². The van der Waals surface area contributed by atoms with E-state index in [1.165, 1.54) is 20.0 Å². The number of hydrogen-bond donors (Lipinski definition) is 1. The minimum atomic E-state index is -0.874. The fraction of sp³-hybridized carbons (Fsp3) is 0.524. The molecule has 1 saturated carbocycles. The number of methoxy groups -OCH3 is 1. The monoisotopic (exact) mass is 434 g/mol. The van der Waals surface area contributed by atoms with Gasteiger partial charge in [-0.1, -0.05) is 18.0 Å². The molecule has 31 heavy (non-hydrogen) atoms. The molecule has 0 radical (unpaired) electrons. The Balaban J connectivity index is 1.45. The van der Waals surface area contributed by atoms with Gasteiger partial charge in [0, 0.05) is 31.2 Å². The first-order valence-electron chi connectivity index (χ1n) is 10.4. The first-order valence-corrected chi connectivity index (χ1v) is 10.4. The predicted molar refractivity (Wildman–Crippen MR) is 105 cm³/mol. The Hall–Kier alpha value is -2.88. The summed E-state index contributed by atoms with van der Waals surface area (Å²) in [4.78, 5) is 31.3. The molecule has 1 aliphatic heterocycles. The highest BCUT2D eigenvalue weighted by Gasteiger charge is 2.39. The number of carbonyl (C=O) groups is 2. The second kappa shape index (κ2) is 9.09. The summed E-state index contributed by atoms with van der Waals surface area (Å²) in [7, 11) is 1.33. The van der Waals surface area contributed by atoms with E-state index < -0.39 is 29.5 Å². The summed E-state index contributed by atoms with van der Waals surface area (Å²) in [5.41, 5.74) is -0.106. The van der Waals surface area contributed by atoms with Gasteiger partial charge in [0.1, 0.15) is 11.6 Å². The van der Waals surface area contributed by atoms with Crippen LogP contribution in [0.5, 0.6) is 0 Å². The van der Waals surface area contributed by atoms with E-state index in [1.54, 1.807) is 0 Å².